The predicted octanol–water partition coefficient (Wildman–Crippen LogP) is 9.23. The van der Waals surface area contributed by atoms with Crippen LogP contribution in [0.2, 0.25) is 0 Å². The fourth-order valence-corrected chi connectivity index (χ4v) is 8.01. The predicted molar refractivity (Wildman–Crippen MR) is 350 cm³/mol. The molecule has 0 amide bonds. The van der Waals surface area contributed by atoms with Gasteiger partial charge < -0.3 is 13.7 Å². The smallest absolute Gasteiger partial charge is 0.253 e. The number of hydrogen-bond donors (Lipinski definition) is 0. The molecule has 10 rings (SSSR count). The van der Waals surface area contributed by atoms with Gasteiger partial charge in [-0.25, -0.2) is 24.1 Å². The Bertz CT molecular complexity index is 3090. The molecule has 0 saturated carbocycles. The molecule has 0 aromatic carbocycles. The van der Waals surface area contributed by atoms with E-state index in [1.54, 1.807) is 14.0 Å². The Morgan fingerprint density at radius 1 is 0.241 bits per heavy atom. The van der Waals surface area contributed by atoms with Gasteiger partial charge in [-0.05, 0) is 187 Å². The summed E-state index contributed by atoms with van der Waals surface area (Å²) in [6, 6.07) is 0. The van der Waals surface area contributed by atoms with Crippen LogP contribution < -0.4 is 4.57 Å². The van der Waals surface area contributed by atoms with Crippen LogP contribution in [-0.4, -0.2) is 112 Å². The van der Waals surface area contributed by atoms with Gasteiger partial charge in [0.05, 0.1) is 31.2 Å². The summed E-state index contributed by atoms with van der Waals surface area (Å²) in [5.41, 5.74) is 19.4. The molecule has 24 nitrogen and oxygen atoms in total. The van der Waals surface area contributed by atoms with Gasteiger partial charge in [-0.1, -0.05) is 0 Å². The van der Waals surface area contributed by atoms with E-state index in [2.05, 4.69) is 191 Å². The van der Waals surface area contributed by atoms with Crippen LogP contribution in [0.15, 0.2) is 0 Å². The van der Waals surface area contributed by atoms with Crippen LogP contribution in [-0.2, 0) is 77.5 Å². The molecule has 0 aliphatic heterocycles. The van der Waals surface area contributed by atoms with Crippen molar-refractivity contribution >= 4 is 0 Å². The SMILES string of the molecule is Cc1c(C)[n+](C)c(C)n1C.Cc1c(C)c(C)n(C)c1C.Cc1nc(C)n(C)n1.Cc1nc(C)n(C)n1.Cc1nc(C)n(C)n1.Cc1nn(C)c(C)c1C.Cc1nn(C)c(C)c1C.Cc1nn(C)c(C)c1C.Cc1nnc(C)n1C.Cc1nnc(C)n1C. The zero-order valence-electron chi connectivity index (χ0n) is 60.7. The first kappa shape index (κ1) is 76.8. The average Bonchev–Trinajstić information content (AvgIpc) is 4.14. The normalized spacial score (nSPS) is 10.1. The summed E-state index contributed by atoms with van der Waals surface area (Å²) >= 11 is 0. The highest BCUT2D eigenvalue weighted by molar-refractivity contribution is 5.34. The van der Waals surface area contributed by atoms with Gasteiger partial charge in [-0.15, -0.1) is 20.4 Å². The van der Waals surface area contributed by atoms with E-state index in [1.165, 1.54) is 73.5 Å². The summed E-state index contributed by atoms with van der Waals surface area (Å²) in [4.78, 5) is 12.2. The van der Waals surface area contributed by atoms with Crippen LogP contribution in [0.1, 0.15) is 149 Å². The molecular weight excluding hydrogens is 1090 g/mol. The van der Waals surface area contributed by atoms with E-state index in [1.807, 2.05) is 170 Å². The summed E-state index contributed by atoms with van der Waals surface area (Å²) in [6.45, 7) is 52.9. The van der Waals surface area contributed by atoms with Crippen molar-refractivity contribution in [2.24, 2.45) is 77.5 Å². The number of nitrogens with zero attached hydrogens (tertiary/aromatic N) is 24. The molecule has 0 radical (unpaired) electrons. The largest absolute Gasteiger partial charge is 0.352 e. The minimum atomic E-state index is 0.838. The fourth-order valence-electron chi connectivity index (χ4n) is 8.01. The quantitative estimate of drug-likeness (QED) is 0.129. The Labute approximate surface area is 521 Å². The molecule has 87 heavy (non-hydrogen) atoms. The molecule has 0 aliphatic carbocycles. The van der Waals surface area contributed by atoms with Gasteiger partial charge in [0.15, 0.2) is 0 Å². The molecule has 0 atom stereocenters. The van der Waals surface area contributed by atoms with Crippen molar-refractivity contribution in [2.45, 2.75) is 180 Å². The molecule has 0 unspecified atom stereocenters. The second-order valence-corrected chi connectivity index (χ2v) is 22.3. The topological polar surface area (TPSA) is 221 Å². The lowest BCUT2D eigenvalue weighted by atomic mass is 10.2. The van der Waals surface area contributed by atoms with E-state index in [4.69, 9.17) is 0 Å². The van der Waals surface area contributed by atoms with Crippen LogP contribution in [0, 0.1) is 180 Å². The van der Waals surface area contributed by atoms with Crippen molar-refractivity contribution in [1.29, 1.82) is 0 Å². The molecule has 0 spiro atoms. The zero-order chi connectivity index (χ0) is 67.6. The van der Waals surface area contributed by atoms with Crippen molar-refractivity contribution in [1.82, 2.24) is 112 Å². The van der Waals surface area contributed by atoms with Crippen molar-refractivity contribution in [2.75, 3.05) is 0 Å². The van der Waals surface area contributed by atoms with Crippen LogP contribution in [0.5, 0.6) is 0 Å². The molecule has 0 bridgehead atoms. The second-order valence-electron chi connectivity index (χ2n) is 22.3. The Balaban J connectivity index is 0.000000484. The Hall–Kier alpha value is -8.18. The molecule has 0 fully saturated rings. The van der Waals surface area contributed by atoms with Crippen LogP contribution in [0.3, 0.4) is 0 Å². The Morgan fingerprint density at radius 2 is 0.483 bits per heavy atom. The Kier molecular flexibility index (Phi) is 30.2. The molecule has 0 aliphatic rings. The summed E-state index contributed by atoms with van der Waals surface area (Å²) < 4.78 is 21.5. The molecule has 0 N–H and O–H groups in total. The first-order valence-corrected chi connectivity index (χ1v) is 29.2. The lowest BCUT2D eigenvalue weighted by Gasteiger charge is -1.98. The van der Waals surface area contributed by atoms with Crippen molar-refractivity contribution in [3.05, 3.63) is 149 Å². The van der Waals surface area contributed by atoms with E-state index in [0.717, 1.165) is 75.3 Å². The monoisotopic (exact) mass is 1200 g/mol. The van der Waals surface area contributed by atoms with Gasteiger partial charge in [-0.3, -0.25) is 28.1 Å². The maximum atomic E-state index is 4.23. The lowest BCUT2D eigenvalue weighted by molar-refractivity contribution is -0.683. The fraction of sp³-hybridized carbons (Fsp3) is 0.587. The molecule has 10 aromatic rings. The molecule has 10 aromatic heterocycles. The molecule has 10 heterocycles. The average molecular weight is 1200 g/mol. The second kappa shape index (κ2) is 34.2. The van der Waals surface area contributed by atoms with E-state index < -0.39 is 0 Å². The maximum absolute atomic E-state index is 4.23. The summed E-state index contributed by atoms with van der Waals surface area (Å²) in [6.07, 6.45) is 0. The van der Waals surface area contributed by atoms with E-state index >= 15 is 0 Å². The third-order valence-corrected chi connectivity index (χ3v) is 16.6. The van der Waals surface area contributed by atoms with Gasteiger partial charge in [0.1, 0.15) is 69.6 Å². The molecule has 24 heteroatoms. The van der Waals surface area contributed by atoms with Gasteiger partial charge >= 0.3 is 0 Å². The minimum Gasteiger partial charge on any atom is -0.352 e. The number of aromatic nitrogens is 24. The number of aryl methyl sites for hydroxylation is 19. The van der Waals surface area contributed by atoms with Crippen LogP contribution >= 0.6 is 0 Å². The van der Waals surface area contributed by atoms with E-state index in [9.17, 15) is 0 Å². The third kappa shape index (κ3) is 22.2. The first-order chi connectivity index (χ1) is 40.0. The van der Waals surface area contributed by atoms with E-state index in [-0.39, 0.29) is 0 Å². The minimum absolute atomic E-state index is 0.838. The van der Waals surface area contributed by atoms with E-state index in [0.29, 0.717) is 0 Å². The van der Waals surface area contributed by atoms with Gasteiger partial charge in [0.2, 0.25) is 0 Å². The highest BCUT2D eigenvalue weighted by Crippen LogP contribution is 2.18. The standard InChI is InChI=1S/C9H15N.C8H15N2.3C7H12N2.5C5H9N3/c1-6-7(2)9(4)10(5)8(6)3;1-6-7(2)10(5)8(3)9(6)4;3*1-5-6(2)8-9(4)7(5)3;2*1-4-6-7-5(2)8(4)3;3*1-4-6-5(2)8(3)7-4/h2*1-5H3;3*1-4H3;5*1-3H3/q;+1;;;;;;;;. The summed E-state index contributed by atoms with van der Waals surface area (Å²) in [5, 5.41) is 40.0. The maximum Gasteiger partial charge on any atom is 0.253 e. The summed E-state index contributed by atoms with van der Waals surface area (Å²) in [7, 11) is 21.8. The summed E-state index contributed by atoms with van der Waals surface area (Å²) in [5.74, 6) is 10.5. The Morgan fingerprint density at radius 3 is 0.540 bits per heavy atom. The zero-order valence-corrected chi connectivity index (χ0v) is 60.7. The lowest BCUT2D eigenvalue weighted by Crippen LogP contribution is -2.32. The number of rotatable bonds is 0. The van der Waals surface area contributed by atoms with Gasteiger partial charge in [-0.2, -0.15) is 30.6 Å². The molecular formula is C63H111N24+. The van der Waals surface area contributed by atoms with Gasteiger partial charge in [0, 0.05) is 113 Å². The van der Waals surface area contributed by atoms with Crippen molar-refractivity contribution in [3.8, 4) is 0 Å². The molecule has 482 valence electrons. The van der Waals surface area contributed by atoms with Crippen molar-refractivity contribution < 1.29 is 4.57 Å². The number of hydrogen-bond acceptors (Lipinski definition) is 13. The highest BCUT2D eigenvalue weighted by Gasteiger charge is 2.15. The third-order valence-electron chi connectivity index (χ3n) is 16.6. The first-order valence-electron chi connectivity index (χ1n) is 29.2. The number of imidazole rings is 1. The van der Waals surface area contributed by atoms with Crippen LogP contribution in [0.4, 0.5) is 0 Å². The highest BCUT2D eigenvalue weighted by atomic mass is 15.3. The van der Waals surface area contributed by atoms with Crippen LogP contribution in [0.25, 0.3) is 0 Å². The van der Waals surface area contributed by atoms with Gasteiger partial charge in [0.25, 0.3) is 5.82 Å². The van der Waals surface area contributed by atoms with Crippen molar-refractivity contribution in [3.63, 3.8) is 0 Å². The molecule has 0 saturated heterocycles.